The van der Waals surface area contributed by atoms with Crippen molar-refractivity contribution in [3.8, 4) is 5.75 Å². The van der Waals surface area contributed by atoms with Crippen molar-refractivity contribution in [2.24, 2.45) is 0 Å². The van der Waals surface area contributed by atoms with Gasteiger partial charge in [-0.05, 0) is 11.5 Å². The second kappa shape index (κ2) is 4.67. The Morgan fingerprint density at radius 3 is 3.00 bits per heavy atom. The highest BCUT2D eigenvalue weighted by atomic mass is 32.1. The zero-order valence-corrected chi connectivity index (χ0v) is 10.6. The molecule has 0 saturated carbocycles. The van der Waals surface area contributed by atoms with E-state index in [-0.39, 0.29) is 0 Å². The number of nitrogens with two attached hydrogens (primary N) is 1. The molecule has 0 aliphatic carbocycles. The number of aromatic nitrogens is 2. The molecular weight excluding hydrogens is 244 g/mol. The van der Waals surface area contributed by atoms with Gasteiger partial charge in [-0.25, -0.2) is 4.98 Å². The molecule has 0 aliphatic rings. The third kappa shape index (κ3) is 2.10. The van der Waals surface area contributed by atoms with Crippen LogP contribution < -0.4 is 15.4 Å². The minimum Gasteiger partial charge on any atom is -0.490 e. The van der Waals surface area contributed by atoms with Crippen LogP contribution in [-0.2, 0) is 6.54 Å². The molecule has 0 aromatic carbocycles. The van der Waals surface area contributed by atoms with Gasteiger partial charge < -0.3 is 15.4 Å². The molecule has 2 rings (SSSR count). The molecule has 0 unspecified atom stereocenters. The largest absolute Gasteiger partial charge is 0.490 e. The van der Waals surface area contributed by atoms with Gasteiger partial charge in [0.2, 0.25) is 0 Å². The van der Waals surface area contributed by atoms with E-state index in [4.69, 9.17) is 10.5 Å². The maximum absolute atomic E-state index is 5.70. The third-order valence-corrected chi connectivity index (χ3v) is 3.68. The molecule has 16 heavy (non-hydrogen) atoms. The van der Waals surface area contributed by atoms with Gasteiger partial charge in [-0.2, -0.15) is 4.37 Å². The van der Waals surface area contributed by atoms with E-state index in [1.54, 1.807) is 18.4 Å². The summed E-state index contributed by atoms with van der Waals surface area (Å²) in [6, 6.07) is 0. The van der Waals surface area contributed by atoms with Crippen molar-refractivity contribution in [1.29, 1.82) is 0 Å². The summed E-state index contributed by atoms with van der Waals surface area (Å²) in [5.41, 5.74) is 8.55. The molecule has 0 bridgehead atoms. The predicted molar refractivity (Wildman–Crippen MR) is 67.3 cm³/mol. The highest BCUT2D eigenvalue weighted by Gasteiger charge is 2.16. The van der Waals surface area contributed by atoms with Gasteiger partial charge in [-0.1, -0.05) is 0 Å². The van der Waals surface area contributed by atoms with E-state index >= 15 is 0 Å². The fourth-order valence-electron chi connectivity index (χ4n) is 1.35. The Labute approximate surface area is 102 Å². The van der Waals surface area contributed by atoms with Gasteiger partial charge in [0.1, 0.15) is 0 Å². The summed E-state index contributed by atoms with van der Waals surface area (Å²) in [5, 5.41) is 2.95. The first-order valence-corrected chi connectivity index (χ1v) is 6.31. The van der Waals surface area contributed by atoms with Crippen LogP contribution in [0.15, 0.2) is 10.9 Å². The quantitative estimate of drug-likeness (QED) is 0.904. The number of hydrogen-bond acceptors (Lipinski definition) is 7. The van der Waals surface area contributed by atoms with E-state index < -0.39 is 0 Å². The molecule has 7 heteroatoms. The summed E-state index contributed by atoms with van der Waals surface area (Å²) < 4.78 is 9.29. The number of nitrogens with zero attached hydrogens (tertiary/aromatic N) is 3. The molecule has 0 fully saturated rings. The topological polar surface area (TPSA) is 64.3 Å². The lowest BCUT2D eigenvalue weighted by molar-refractivity contribution is 0.418. The van der Waals surface area contributed by atoms with E-state index in [1.165, 1.54) is 11.5 Å². The van der Waals surface area contributed by atoms with Crippen LogP contribution in [0, 0.1) is 0 Å². The smallest absolute Gasteiger partial charge is 0.197 e. The van der Waals surface area contributed by atoms with Crippen LogP contribution in [0.1, 0.15) is 5.69 Å². The molecule has 2 heterocycles. The molecule has 2 aromatic heterocycles. The van der Waals surface area contributed by atoms with E-state index in [9.17, 15) is 0 Å². The van der Waals surface area contributed by atoms with Crippen LogP contribution in [0.4, 0.5) is 10.8 Å². The zero-order chi connectivity index (χ0) is 11.5. The number of hydrogen-bond donors (Lipinski definition) is 1. The van der Waals surface area contributed by atoms with E-state index in [0.29, 0.717) is 11.6 Å². The molecule has 5 nitrogen and oxygen atoms in total. The number of methoxy groups -OCH3 is 1. The van der Waals surface area contributed by atoms with Gasteiger partial charge in [0, 0.05) is 12.4 Å². The number of rotatable bonds is 4. The van der Waals surface area contributed by atoms with Gasteiger partial charge in [-0.15, -0.1) is 11.3 Å². The molecule has 0 amide bonds. The Bertz CT molecular complexity index is 454. The SMILES string of the molecule is COc1c(N)nsc1N(C)Cc1cscn1. The lowest BCUT2D eigenvalue weighted by Gasteiger charge is -2.16. The van der Waals surface area contributed by atoms with Gasteiger partial charge in [0.25, 0.3) is 0 Å². The van der Waals surface area contributed by atoms with Crippen molar-refractivity contribution < 1.29 is 4.74 Å². The Hall–Kier alpha value is -1.34. The summed E-state index contributed by atoms with van der Waals surface area (Å²) in [5.74, 6) is 1.08. The molecule has 2 N–H and O–H groups in total. The average molecular weight is 256 g/mol. The normalized spacial score (nSPS) is 10.4. The number of anilines is 2. The lowest BCUT2D eigenvalue weighted by Crippen LogP contribution is -2.16. The van der Waals surface area contributed by atoms with Crippen molar-refractivity contribution in [3.05, 3.63) is 16.6 Å². The van der Waals surface area contributed by atoms with E-state index in [1.807, 2.05) is 22.8 Å². The Balaban J connectivity index is 2.17. The second-order valence-electron chi connectivity index (χ2n) is 3.24. The molecular formula is C9H12N4OS2. The molecule has 2 aromatic rings. The van der Waals surface area contributed by atoms with Crippen molar-refractivity contribution in [2.45, 2.75) is 6.54 Å². The van der Waals surface area contributed by atoms with E-state index in [0.717, 1.165) is 17.2 Å². The van der Waals surface area contributed by atoms with Crippen LogP contribution in [0.2, 0.25) is 0 Å². The predicted octanol–water partition coefficient (Wildman–Crippen LogP) is 1.83. The van der Waals surface area contributed by atoms with Gasteiger partial charge >= 0.3 is 0 Å². The van der Waals surface area contributed by atoms with Gasteiger partial charge in [0.15, 0.2) is 16.6 Å². The third-order valence-electron chi connectivity index (χ3n) is 2.09. The fraction of sp³-hybridized carbons (Fsp3) is 0.333. The Morgan fingerprint density at radius 2 is 2.38 bits per heavy atom. The van der Waals surface area contributed by atoms with Crippen molar-refractivity contribution >= 4 is 33.7 Å². The maximum Gasteiger partial charge on any atom is 0.197 e. The highest BCUT2D eigenvalue weighted by Crippen LogP contribution is 2.37. The lowest BCUT2D eigenvalue weighted by atomic mass is 10.4. The fourth-order valence-corrected chi connectivity index (χ4v) is 2.64. The van der Waals surface area contributed by atoms with Gasteiger partial charge in [-0.3, -0.25) is 0 Å². The minimum absolute atomic E-state index is 0.438. The first-order chi connectivity index (χ1) is 7.72. The van der Waals surface area contributed by atoms with Crippen molar-refractivity contribution in [3.63, 3.8) is 0 Å². The number of thiazole rings is 1. The summed E-state index contributed by atoms with van der Waals surface area (Å²) in [7, 11) is 3.56. The molecule has 86 valence electrons. The first kappa shape index (κ1) is 11.2. The Kier molecular flexibility index (Phi) is 3.25. The van der Waals surface area contributed by atoms with E-state index in [2.05, 4.69) is 9.36 Å². The monoisotopic (exact) mass is 256 g/mol. The van der Waals surface area contributed by atoms with Crippen LogP contribution >= 0.6 is 22.9 Å². The summed E-state index contributed by atoms with van der Waals surface area (Å²) in [6.07, 6.45) is 0. The first-order valence-electron chi connectivity index (χ1n) is 4.59. The van der Waals surface area contributed by atoms with Crippen LogP contribution in [-0.4, -0.2) is 23.5 Å². The van der Waals surface area contributed by atoms with Crippen molar-refractivity contribution in [2.75, 3.05) is 24.8 Å². The highest BCUT2D eigenvalue weighted by molar-refractivity contribution is 7.11. The van der Waals surface area contributed by atoms with Gasteiger partial charge in [0.05, 0.1) is 24.9 Å². The summed E-state index contributed by atoms with van der Waals surface area (Å²) in [4.78, 5) is 6.26. The molecule has 0 aliphatic heterocycles. The minimum atomic E-state index is 0.438. The maximum atomic E-state index is 5.70. The average Bonchev–Trinajstić information content (AvgIpc) is 2.87. The van der Waals surface area contributed by atoms with Crippen LogP contribution in [0.25, 0.3) is 0 Å². The van der Waals surface area contributed by atoms with Crippen LogP contribution in [0.5, 0.6) is 5.75 Å². The Morgan fingerprint density at radius 1 is 1.56 bits per heavy atom. The number of nitrogen functional groups attached to an aromatic ring is 1. The van der Waals surface area contributed by atoms with Crippen LogP contribution in [0.3, 0.4) is 0 Å². The standard InChI is InChI=1S/C9H12N4OS2/c1-13(3-6-4-15-5-11-6)9-7(14-2)8(10)12-16-9/h4-5H,3H2,1-2H3,(H2,10,12). The zero-order valence-electron chi connectivity index (χ0n) is 9.01. The molecule has 0 spiro atoms. The second-order valence-corrected chi connectivity index (χ2v) is 4.71. The molecule has 0 radical (unpaired) electrons. The summed E-state index contributed by atoms with van der Waals surface area (Å²) in [6.45, 7) is 0.724. The number of ether oxygens (including phenoxy) is 1. The molecule has 0 saturated heterocycles. The molecule has 0 atom stereocenters. The summed E-state index contributed by atoms with van der Waals surface area (Å²) >= 11 is 2.92. The van der Waals surface area contributed by atoms with Crippen molar-refractivity contribution in [1.82, 2.24) is 9.36 Å².